The number of amides is 1. The van der Waals surface area contributed by atoms with Crippen LogP contribution in [0.25, 0.3) is 0 Å². The summed E-state index contributed by atoms with van der Waals surface area (Å²) in [5.41, 5.74) is 1.11. The number of anilines is 1. The summed E-state index contributed by atoms with van der Waals surface area (Å²) in [6, 6.07) is 5.04. The number of Topliss-reactive ketones (excluding diaryl/α,β-unsaturated/α-hetero) is 1. The van der Waals surface area contributed by atoms with Gasteiger partial charge in [0.25, 0.3) is 0 Å². The van der Waals surface area contributed by atoms with Crippen LogP contribution in [0.2, 0.25) is 0 Å². The van der Waals surface area contributed by atoms with E-state index in [1.807, 2.05) is 0 Å². The van der Waals surface area contributed by atoms with Crippen molar-refractivity contribution in [3.05, 3.63) is 23.8 Å². The molecule has 1 aliphatic heterocycles. The van der Waals surface area contributed by atoms with Gasteiger partial charge in [0.15, 0.2) is 5.78 Å². The Morgan fingerprint density at radius 3 is 3.00 bits per heavy atom. The minimum atomic E-state index is -0.0904. The van der Waals surface area contributed by atoms with Gasteiger partial charge >= 0.3 is 0 Å². The molecule has 0 aliphatic carbocycles. The molecule has 1 aromatic carbocycles. The predicted molar refractivity (Wildman–Crippen MR) is 67.7 cm³/mol. The van der Waals surface area contributed by atoms with Crippen molar-refractivity contribution in [3.8, 4) is 18.1 Å². The van der Waals surface area contributed by atoms with E-state index < -0.39 is 0 Å². The molecule has 0 saturated carbocycles. The summed E-state index contributed by atoms with van der Waals surface area (Å²) in [5.74, 6) is 2.88. The largest absolute Gasteiger partial charge is 0.491 e. The Kier molecular flexibility index (Phi) is 3.33. The first kappa shape index (κ1) is 12.2. The standard InChI is InChI=1S/C14H13NO3/c1-3-7-15-12-9-11(10(2)16)4-5-13(12)18-8-6-14(15)17/h1,4-5,9H,6-8H2,2H3. The van der Waals surface area contributed by atoms with Crippen LogP contribution in [0, 0.1) is 12.3 Å². The van der Waals surface area contributed by atoms with Crippen molar-refractivity contribution < 1.29 is 14.3 Å². The molecule has 0 bridgehead atoms. The number of hydrogen-bond acceptors (Lipinski definition) is 3. The van der Waals surface area contributed by atoms with E-state index in [0.717, 1.165) is 0 Å². The van der Waals surface area contributed by atoms with E-state index in [1.165, 1.54) is 11.8 Å². The van der Waals surface area contributed by atoms with E-state index in [1.54, 1.807) is 18.2 Å². The lowest BCUT2D eigenvalue weighted by atomic mass is 10.1. The van der Waals surface area contributed by atoms with Crippen LogP contribution in [0.3, 0.4) is 0 Å². The number of terminal acetylenes is 1. The molecule has 1 amide bonds. The summed E-state index contributed by atoms with van der Waals surface area (Å²) in [4.78, 5) is 24.8. The molecule has 1 aromatic rings. The summed E-state index contributed by atoms with van der Waals surface area (Å²) in [5, 5.41) is 0. The second-order valence-corrected chi connectivity index (χ2v) is 4.02. The molecule has 2 rings (SSSR count). The van der Waals surface area contributed by atoms with Gasteiger partial charge < -0.3 is 4.74 Å². The third-order valence-corrected chi connectivity index (χ3v) is 2.78. The Hall–Kier alpha value is -2.28. The number of ketones is 1. The van der Waals surface area contributed by atoms with Gasteiger partial charge in [-0.15, -0.1) is 6.42 Å². The quantitative estimate of drug-likeness (QED) is 0.586. The number of ether oxygens (including phenoxy) is 1. The van der Waals surface area contributed by atoms with E-state index in [2.05, 4.69) is 5.92 Å². The second-order valence-electron chi connectivity index (χ2n) is 4.02. The molecule has 92 valence electrons. The third kappa shape index (κ3) is 2.21. The van der Waals surface area contributed by atoms with Crippen molar-refractivity contribution in [1.29, 1.82) is 0 Å². The first-order valence-corrected chi connectivity index (χ1v) is 5.65. The first-order chi connectivity index (χ1) is 8.63. The van der Waals surface area contributed by atoms with Crippen LogP contribution in [-0.4, -0.2) is 24.8 Å². The van der Waals surface area contributed by atoms with Crippen LogP contribution >= 0.6 is 0 Å². The lowest BCUT2D eigenvalue weighted by molar-refractivity contribution is -0.118. The third-order valence-electron chi connectivity index (χ3n) is 2.78. The molecule has 1 heterocycles. The summed E-state index contributed by atoms with van der Waals surface area (Å²) in [7, 11) is 0. The van der Waals surface area contributed by atoms with Crippen molar-refractivity contribution in [3.63, 3.8) is 0 Å². The number of carbonyl (C=O) groups is 2. The lowest BCUT2D eigenvalue weighted by Crippen LogP contribution is -2.30. The van der Waals surface area contributed by atoms with Gasteiger partial charge in [-0.1, -0.05) is 5.92 Å². The van der Waals surface area contributed by atoms with Gasteiger partial charge in [-0.3, -0.25) is 14.5 Å². The van der Waals surface area contributed by atoms with Crippen molar-refractivity contribution in [2.75, 3.05) is 18.1 Å². The maximum atomic E-state index is 11.9. The fourth-order valence-corrected chi connectivity index (χ4v) is 1.85. The molecule has 4 nitrogen and oxygen atoms in total. The van der Waals surface area contributed by atoms with Gasteiger partial charge in [-0.2, -0.15) is 0 Å². The monoisotopic (exact) mass is 243 g/mol. The molecule has 0 atom stereocenters. The molecule has 0 aromatic heterocycles. The normalized spacial score (nSPS) is 14.2. The van der Waals surface area contributed by atoms with Crippen LogP contribution in [0.15, 0.2) is 18.2 Å². The highest BCUT2D eigenvalue weighted by Crippen LogP contribution is 2.32. The van der Waals surface area contributed by atoms with Gasteiger partial charge in [-0.25, -0.2) is 0 Å². The van der Waals surface area contributed by atoms with Crippen LogP contribution in [0.4, 0.5) is 5.69 Å². The molecular weight excluding hydrogens is 230 g/mol. The smallest absolute Gasteiger partial charge is 0.231 e. The lowest BCUT2D eigenvalue weighted by Gasteiger charge is -2.19. The highest BCUT2D eigenvalue weighted by atomic mass is 16.5. The predicted octanol–water partition coefficient (Wildman–Crippen LogP) is 1.64. The molecule has 0 unspecified atom stereocenters. The van der Waals surface area contributed by atoms with E-state index in [4.69, 9.17) is 11.2 Å². The summed E-state index contributed by atoms with van der Waals surface area (Å²) in [6.45, 7) is 1.98. The van der Waals surface area contributed by atoms with E-state index >= 15 is 0 Å². The molecular formula is C14H13NO3. The average Bonchev–Trinajstić information content (AvgIpc) is 2.50. The molecule has 18 heavy (non-hydrogen) atoms. The maximum Gasteiger partial charge on any atom is 0.231 e. The fraction of sp³-hybridized carbons (Fsp3) is 0.286. The average molecular weight is 243 g/mol. The van der Waals surface area contributed by atoms with Crippen molar-refractivity contribution in [1.82, 2.24) is 0 Å². The van der Waals surface area contributed by atoms with Crippen LogP contribution in [-0.2, 0) is 4.79 Å². The highest BCUT2D eigenvalue weighted by molar-refractivity contribution is 6.00. The number of nitrogens with zero attached hydrogens (tertiary/aromatic N) is 1. The molecule has 0 fully saturated rings. The van der Waals surface area contributed by atoms with Gasteiger partial charge in [-0.05, 0) is 25.1 Å². The van der Waals surface area contributed by atoms with Crippen molar-refractivity contribution in [2.24, 2.45) is 0 Å². The Morgan fingerprint density at radius 2 is 2.33 bits per heavy atom. The Morgan fingerprint density at radius 1 is 1.56 bits per heavy atom. The fourth-order valence-electron chi connectivity index (χ4n) is 1.85. The van der Waals surface area contributed by atoms with Crippen molar-refractivity contribution in [2.45, 2.75) is 13.3 Å². The number of benzene rings is 1. The van der Waals surface area contributed by atoms with Crippen molar-refractivity contribution >= 4 is 17.4 Å². The molecule has 0 spiro atoms. The molecule has 0 N–H and O–H groups in total. The van der Waals surface area contributed by atoms with Crippen LogP contribution in [0.5, 0.6) is 5.75 Å². The van der Waals surface area contributed by atoms with Gasteiger partial charge in [0, 0.05) is 5.56 Å². The van der Waals surface area contributed by atoms with Gasteiger partial charge in [0.2, 0.25) is 5.91 Å². The zero-order chi connectivity index (χ0) is 13.1. The Labute approximate surface area is 106 Å². The topological polar surface area (TPSA) is 46.6 Å². The molecule has 4 heteroatoms. The highest BCUT2D eigenvalue weighted by Gasteiger charge is 2.23. The van der Waals surface area contributed by atoms with Gasteiger partial charge in [0.05, 0.1) is 25.3 Å². The Balaban J connectivity index is 2.51. The van der Waals surface area contributed by atoms with Gasteiger partial charge in [0.1, 0.15) is 5.75 Å². The molecule has 0 radical (unpaired) electrons. The first-order valence-electron chi connectivity index (χ1n) is 5.65. The minimum absolute atomic E-state index is 0.0600. The SMILES string of the molecule is C#CCN1C(=O)CCOc2ccc(C(C)=O)cc21. The minimum Gasteiger partial charge on any atom is -0.491 e. The van der Waals surface area contributed by atoms with E-state index in [9.17, 15) is 9.59 Å². The van der Waals surface area contributed by atoms with Crippen LogP contribution in [0.1, 0.15) is 23.7 Å². The number of fused-ring (bicyclic) bond motifs is 1. The zero-order valence-corrected chi connectivity index (χ0v) is 10.1. The Bertz CT molecular complexity index is 542. The number of carbonyl (C=O) groups excluding carboxylic acids is 2. The number of hydrogen-bond donors (Lipinski definition) is 0. The van der Waals surface area contributed by atoms with E-state index in [0.29, 0.717) is 23.6 Å². The maximum absolute atomic E-state index is 11.9. The summed E-state index contributed by atoms with van der Waals surface area (Å²) >= 11 is 0. The van der Waals surface area contributed by atoms with E-state index in [-0.39, 0.29) is 24.7 Å². The second kappa shape index (κ2) is 4.92. The summed E-state index contributed by atoms with van der Waals surface area (Å²) < 4.78 is 5.49. The summed E-state index contributed by atoms with van der Waals surface area (Å²) in [6.07, 6.45) is 5.56. The molecule has 1 aliphatic rings. The zero-order valence-electron chi connectivity index (χ0n) is 10.1. The number of rotatable bonds is 2. The van der Waals surface area contributed by atoms with Crippen LogP contribution < -0.4 is 9.64 Å². The molecule has 0 saturated heterocycles.